The van der Waals surface area contributed by atoms with E-state index in [0.29, 0.717) is 13.1 Å². The zero-order valence-corrected chi connectivity index (χ0v) is 22.4. The van der Waals surface area contributed by atoms with Crippen molar-refractivity contribution in [2.24, 2.45) is 0 Å². The van der Waals surface area contributed by atoms with Crippen LogP contribution >= 0.6 is 18.9 Å². The van der Waals surface area contributed by atoms with E-state index in [1.807, 2.05) is 12.2 Å². The minimum Gasteiger partial charge on any atom is -0.490 e. The van der Waals surface area contributed by atoms with E-state index in [2.05, 4.69) is 6.20 Å². The third kappa shape index (κ3) is 6.78. The third-order valence-electron chi connectivity index (χ3n) is 5.30. The van der Waals surface area contributed by atoms with Gasteiger partial charge in [-0.2, -0.15) is 23.2 Å². The number of benzene rings is 2. The fourth-order valence-corrected chi connectivity index (χ4v) is 7.93. The first kappa shape index (κ1) is 28.6. The van der Waals surface area contributed by atoms with Crippen molar-refractivity contribution in [2.45, 2.75) is 10.4 Å². The van der Waals surface area contributed by atoms with Gasteiger partial charge in [0.15, 0.2) is 12.3 Å². The van der Waals surface area contributed by atoms with Gasteiger partial charge in [-0.1, -0.05) is 18.2 Å². The molecule has 2 aromatic carbocycles. The van der Waals surface area contributed by atoms with Crippen molar-refractivity contribution in [2.75, 3.05) is 26.0 Å². The quantitative estimate of drug-likeness (QED) is 0.250. The lowest BCUT2D eigenvalue weighted by atomic mass is 10.1. The van der Waals surface area contributed by atoms with Gasteiger partial charge in [-0.05, 0) is 24.3 Å². The highest BCUT2D eigenvalue weighted by Gasteiger charge is 2.43. The first-order chi connectivity index (χ1) is 18.4. The highest BCUT2D eigenvalue weighted by molar-refractivity contribution is 7.92. The predicted molar refractivity (Wildman–Crippen MR) is 138 cm³/mol. The SMILES string of the molecule is N#Cc1c(OCCN2[C+]=CC=CC2)ccc2sc(S(=O)(=O)NCP(=O)(O)Oc3ccccc3)c(C(F)(F)F)c12. The number of para-hydroxylation sites is 1. The summed E-state index contributed by atoms with van der Waals surface area (Å²) in [5.74, 6) is -0.171. The lowest BCUT2D eigenvalue weighted by Crippen LogP contribution is -2.27. The Morgan fingerprint density at radius 1 is 1.23 bits per heavy atom. The summed E-state index contributed by atoms with van der Waals surface area (Å²) in [6.45, 7) is 0.938. The third-order valence-corrected chi connectivity index (χ3v) is 9.65. The summed E-state index contributed by atoms with van der Waals surface area (Å²) >= 11 is 0.278. The number of nitriles is 1. The van der Waals surface area contributed by atoms with Crippen LogP contribution in [0.3, 0.4) is 0 Å². The van der Waals surface area contributed by atoms with Gasteiger partial charge in [-0.25, -0.2) is 17.9 Å². The number of nitrogens with one attached hydrogen (secondary N) is 1. The van der Waals surface area contributed by atoms with E-state index >= 15 is 0 Å². The van der Waals surface area contributed by atoms with E-state index in [1.165, 1.54) is 36.4 Å². The highest BCUT2D eigenvalue weighted by Crippen LogP contribution is 2.48. The smallest absolute Gasteiger partial charge is 0.419 e. The Morgan fingerprint density at radius 3 is 2.62 bits per heavy atom. The second-order valence-corrected chi connectivity index (χ2v) is 12.8. The molecule has 0 saturated carbocycles. The molecule has 4 rings (SSSR count). The van der Waals surface area contributed by atoms with E-state index in [0.717, 1.165) is 0 Å². The van der Waals surface area contributed by atoms with Gasteiger partial charge in [0, 0.05) is 16.2 Å². The van der Waals surface area contributed by atoms with Crippen molar-refractivity contribution >= 4 is 39.0 Å². The normalized spacial score (nSPS) is 15.0. The predicted octanol–water partition coefficient (Wildman–Crippen LogP) is 4.86. The van der Waals surface area contributed by atoms with Crippen LogP contribution in [0.5, 0.6) is 11.5 Å². The molecule has 0 bridgehead atoms. The molecule has 1 aliphatic heterocycles. The van der Waals surface area contributed by atoms with Crippen molar-refractivity contribution < 1.29 is 40.3 Å². The van der Waals surface area contributed by atoms with Crippen LogP contribution in [0.15, 0.2) is 64.9 Å². The average Bonchev–Trinajstić information content (AvgIpc) is 3.30. The number of sulfonamides is 1. The fraction of sp³-hybridized carbons (Fsp3) is 0.208. The Bertz CT molecular complexity index is 1620. The van der Waals surface area contributed by atoms with Gasteiger partial charge < -0.3 is 14.2 Å². The minimum absolute atomic E-state index is 0.0280. The monoisotopic (exact) mass is 598 g/mol. The van der Waals surface area contributed by atoms with Crippen LogP contribution in [0.1, 0.15) is 11.1 Å². The molecule has 3 aromatic rings. The molecule has 15 heteroatoms. The average molecular weight is 599 g/mol. The Hall–Kier alpha value is -3.43. The second kappa shape index (κ2) is 11.4. The van der Waals surface area contributed by atoms with Crippen LogP contribution < -0.4 is 14.0 Å². The molecule has 1 atom stereocenters. The van der Waals surface area contributed by atoms with Crippen LogP contribution in [0.2, 0.25) is 0 Å². The van der Waals surface area contributed by atoms with Crippen molar-refractivity contribution in [3.63, 3.8) is 0 Å². The molecule has 1 aliphatic rings. The van der Waals surface area contributed by atoms with Crippen molar-refractivity contribution in [1.29, 1.82) is 5.26 Å². The Morgan fingerprint density at radius 2 is 1.97 bits per heavy atom. The van der Waals surface area contributed by atoms with Crippen LogP contribution in [0, 0.1) is 17.5 Å². The van der Waals surface area contributed by atoms with Crippen molar-refractivity contribution in [3.8, 4) is 17.6 Å². The van der Waals surface area contributed by atoms with Gasteiger partial charge in [0.2, 0.25) is 0 Å². The highest BCUT2D eigenvalue weighted by atomic mass is 32.2. The number of thiophene rings is 1. The largest absolute Gasteiger partial charge is 0.490 e. The van der Waals surface area contributed by atoms with Gasteiger partial charge in [0.05, 0.1) is 24.7 Å². The molecule has 1 unspecified atom stereocenters. The number of fused-ring (bicyclic) bond motifs is 1. The molecule has 0 fully saturated rings. The van der Waals surface area contributed by atoms with E-state index in [-0.39, 0.29) is 34.1 Å². The van der Waals surface area contributed by atoms with Gasteiger partial charge in [-0.15, -0.1) is 11.3 Å². The summed E-state index contributed by atoms with van der Waals surface area (Å²) in [5, 5.41) is 9.10. The van der Waals surface area contributed by atoms with Crippen LogP contribution in [-0.4, -0.2) is 44.2 Å². The number of ether oxygens (including phenoxy) is 1. The summed E-state index contributed by atoms with van der Waals surface area (Å²) in [4.78, 5) is 11.8. The number of halogens is 3. The topological polar surface area (TPSA) is 129 Å². The summed E-state index contributed by atoms with van der Waals surface area (Å²) in [6, 6.07) is 11.6. The molecule has 204 valence electrons. The maximum absolute atomic E-state index is 14.3. The Labute approximate surface area is 226 Å². The molecule has 0 aliphatic carbocycles. The lowest BCUT2D eigenvalue weighted by Gasteiger charge is -2.15. The number of hydrogen-bond donors (Lipinski definition) is 2. The molecule has 0 radical (unpaired) electrons. The molecule has 1 aromatic heterocycles. The zero-order valence-electron chi connectivity index (χ0n) is 19.9. The molecule has 9 nitrogen and oxygen atoms in total. The van der Waals surface area contributed by atoms with Crippen molar-refractivity contribution in [3.05, 3.63) is 78.0 Å². The first-order valence-electron chi connectivity index (χ1n) is 11.2. The standard InChI is InChI=1S/C24H19F3N3O6PS2/c25-24(26,27)22-21-18(15-28)19(35-14-13-30-11-5-2-6-12-30)9-10-20(21)38-23(22)39(33,34)29-16-37(31,32)36-17-7-3-1-4-8-17/h1-10,29H,11,13-14,16H2/p+1. The Balaban J connectivity index is 1.64. The van der Waals surface area contributed by atoms with E-state index in [9.17, 15) is 36.3 Å². The zero-order chi connectivity index (χ0) is 28.3. The number of nitrogens with zero attached hydrogens (tertiary/aromatic N) is 2. The fourth-order valence-electron chi connectivity index (χ4n) is 3.62. The molecule has 0 saturated heterocycles. The summed E-state index contributed by atoms with van der Waals surface area (Å²) in [6.07, 6.45) is 1.96. The number of alkyl halides is 3. The van der Waals surface area contributed by atoms with Gasteiger partial charge in [-0.3, -0.25) is 0 Å². The minimum atomic E-state index is -5.18. The van der Waals surface area contributed by atoms with Gasteiger partial charge >= 0.3 is 13.8 Å². The molecule has 0 amide bonds. The maximum Gasteiger partial charge on any atom is 0.419 e. The van der Waals surface area contributed by atoms with Crippen LogP contribution in [0.25, 0.3) is 10.1 Å². The number of hydrogen-bond acceptors (Lipinski definition) is 8. The Kier molecular flexibility index (Phi) is 8.32. The van der Waals surface area contributed by atoms with Crippen LogP contribution in [-0.2, 0) is 20.8 Å². The maximum atomic E-state index is 14.3. The van der Waals surface area contributed by atoms with Crippen molar-refractivity contribution in [1.82, 2.24) is 9.62 Å². The van der Waals surface area contributed by atoms with Gasteiger partial charge in [0.25, 0.3) is 10.0 Å². The van der Waals surface area contributed by atoms with Gasteiger partial charge in [0.1, 0.15) is 40.2 Å². The van der Waals surface area contributed by atoms with Crippen LogP contribution in [0.4, 0.5) is 13.2 Å². The van der Waals surface area contributed by atoms with E-state index < -0.39 is 50.8 Å². The number of allylic oxidation sites excluding steroid dienone is 2. The molecule has 2 N–H and O–H groups in total. The summed E-state index contributed by atoms with van der Waals surface area (Å²) < 4.78 is 92.1. The second-order valence-electron chi connectivity index (χ2n) is 8.05. The van der Waals surface area contributed by atoms with E-state index in [1.54, 1.807) is 27.8 Å². The number of rotatable bonds is 10. The lowest BCUT2D eigenvalue weighted by molar-refractivity contribution is -0.138. The molecular weight excluding hydrogens is 578 g/mol. The molecule has 39 heavy (non-hydrogen) atoms. The first-order valence-corrected chi connectivity index (χ1v) is 15.2. The summed E-state index contributed by atoms with van der Waals surface area (Å²) in [7, 11) is -9.59. The summed E-state index contributed by atoms with van der Waals surface area (Å²) in [5.41, 5.74) is -2.04. The molecule has 0 spiro atoms. The molecular formula is C24H20F3N3O6PS2+. The van der Waals surface area contributed by atoms with E-state index in [4.69, 9.17) is 9.26 Å². The molecule has 2 heterocycles.